The standard InChI is InChI=1S/C16H21ClN2O2.ClH/c17-13-3-1-2-12(10-13)16(5-8-21-9-6-16)15(20)19-14-4-7-18-11-14;/h1-3,10,14,18H,4-9,11H2,(H,19,20);1H. The van der Waals surface area contributed by atoms with Crippen LogP contribution in [-0.4, -0.2) is 38.3 Å². The fourth-order valence-electron chi connectivity index (χ4n) is 3.25. The van der Waals surface area contributed by atoms with E-state index >= 15 is 0 Å². The Hall–Kier alpha value is -0.810. The summed E-state index contributed by atoms with van der Waals surface area (Å²) < 4.78 is 5.47. The zero-order valence-corrected chi connectivity index (χ0v) is 14.0. The first-order valence-electron chi connectivity index (χ1n) is 7.56. The van der Waals surface area contributed by atoms with Gasteiger partial charge in [-0.05, 0) is 43.5 Å². The molecule has 1 atom stereocenters. The summed E-state index contributed by atoms with van der Waals surface area (Å²) in [5.41, 5.74) is 0.493. The van der Waals surface area contributed by atoms with E-state index in [2.05, 4.69) is 10.6 Å². The van der Waals surface area contributed by atoms with Crippen molar-refractivity contribution >= 4 is 29.9 Å². The van der Waals surface area contributed by atoms with Gasteiger partial charge in [-0.2, -0.15) is 0 Å². The van der Waals surface area contributed by atoms with Gasteiger partial charge in [0, 0.05) is 30.8 Å². The molecule has 6 heteroatoms. The summed E-state index contributed by atoms with van der Waals surface area (Å²) in [4.78, 5) is 13.0. The van der Waals surface area contributed by atoms with Gasteiger partial charge in [0.1, 0.15) is 0 Å². The SMILES string of the molecule is Cl.O=C(NC1CCNC1)C1(c2cccc(Cl)c2)CCOCC1. The zero-order valence-electron chi connectivity index (χ0n) is 12.4. The number of benzene rings is 1. The highest BCUT2D eigenvalue weighted by Crippen LogP contribution is 2.36. The lowest BCUT2D eigenvalue weighted by molar-refractivity contribution is -0.131. The second-order valence-corrected chi connectivity index (χ2v) is 6.30. The van der Waals surface area contributed by atoms with E-state index in [-0.39, 0.29) is 24.4 Å². The van der Waals surface area contributed by atoms with Gasteiger partial charge in [-0.1, -0.05) is 23.7 Å². The van der Waals surface area contributed by atoms with Crippen LogP contribution in [0.3, 0.4) is 0 Å². The third-order valence-electron chi connectivity index (χ3n) is 4.55. The van der Waals surface area contributed by atoms with Gasteiger partial charge in [0.2, 0.25) is 5.91 Å². The highest BCUT2D eigenvalue weighted by atomic mass is 35.5. The van der Waals surface area contributed by atoms with E-state index in [1.807, 2.05) is 24.3 Å². The molecular formula is C16H22Cl2N2O2. The minimum Gasteiger partial charge on any atom is -0.381 e. The van der Waals surface area contributed by atoms with Crippen molar-refractivity contribution in [3.63, 3.8) is 0 Å². The fourth-order valence-corrected chi connectivity index (χ4v) is 3.44. The highest BCUT2D eigenvalue weighted by molar-refractivity contribution is 6.30. The summed E-state index contributed by atoms with van der Waals surface area (Å²) in [6.07, 6.45) is 2.41. The van der Waals surface area contributed by atoms with Crippen LogP contribution in [0.1, 0.15) is 24.8 Å². The molecule has 0 aromatic heterocycles. The van der Waals surface area contributed by atoms with Crippen LogP contribution >= 0.6 is 24.0 Å². The van der Waals surface area contributed by atoms with Gasteiger partial charge in [0.05, 0.1) is 5.41 Å². The molecule has 1 aromatic carbocycles. The molecular weight excluding hydrogens is 323 g/mol. The molecule has 0 bridgehead atoms. The van der Waals surface area contributed by atoms with E-state index < -0.39 is 5.41 Å². The molecule has 122 valence electrons. The first kappa shape index (κ1) is 17.5. The third-order valence-corrected chi connectivity index (χ3v) is 4.79. The summed E-state index contributed by atoms with van der Waals surface area (Å²) in [7, 11) is 0. The lowest BCUT2D eigenvalue weighted by Crippen LogP contribution is -2.51. The van der Waals surface area contributed by atoms with Gasteiger partial charge >= 0.3 is 0 Å². The number of hydrogen-bond acceptors (Lipinski definition) is 3. The van der Waals surface area contributed by atoms with E-state index in [0.29, 0.717) is 31.1 Å². The molecule has 0 radical (unpaired) electrons. The molecule has 1 amide bonds. The van der Waals surface area contributed by atoms with Crippen LogP contribution in [0.4, 0.5) is 0 Å². The highest BCUT2D eigenvalue weighted by Gasteiger charge is 2.42. The molecule has 2 fully saturated rings. The molecule has 3 rings (SSSR count). The van der Waals surface area contributed by atoms with E-state index in [1.165, 1.54) is 0 Å². The summed E-state index contributed by atoms with van der Waals surface area (Å²) in [6.45, 7) is 3.05. The molecule has 4 nitrogen and oxygen atoms in total. The third kappa shape index (κ3) is 3.57. The Morgan fingerprint density at radius 2 is 2.14 bits per heavy atom. The van der Waals surface area contributed by atoms with Gasteiger partial charge in [0.15, 0.2) is 0 Å². The summed E-state index contributed by atoms with van der Waals surface area (Å²) in [6, 6.07) is 7.91. The Labute approximate surface area is 142 Å². The van der Waals surface area contributed by atoms with E-state index in [0.717, 1.165) is 25.1 Å². The molecule has 22 heavy (non-hydrogen) atoms. The summed E-state index contributed by atoms with van der Waals surface area (Å²) in [5, 5.41) is 7.16. The first-order valence-corrected chi connectivity index (χ1v) is 7.94. The van der Waals surface area contributed by atoms with Gasteiger partial charge in [-0.25, -0.2) is 0 Å². The minimum atomic E-state index is -0.508. The van der Waals surface area contributed by atoms with Crippen molar-refractivity contribution in [2.24, 2.45) is 0 Å². The molecule has 0 spiro atoms. The molecule has 1 unspecified atom stereocenters. The number of nitrogens with one attached hydrogen (secondary N) is 2. The van der Waals surface area contributed by atoms with Crippen molar-refractivity contribution in [3.05, 3.63) is 34.9 Å². The molecule has 1 aromatic rings. The Balaban J connectivity index is 0.00000176. The van der Waals surface area contributed by atoms with Gasteiger partial charge < -0.3 is 15.4 Å². The second kappa shape index (κ2) is 7.64. The Morgan fingerprint density at radius 3 is 2.77 bits per heavy atom. The van der Waals surface area contributed by atoms with Crippen LogP contribution in [-0.2, 0) is 14.9 Å². The average Bonchev–Trinajstić information content (AvgIpc) is 3.01. The van der Waals surface area contributed by atoms with E-state index in [4.69, 9.17) is 16.3 Å². The monoisotopic (exact) mass is 344 g/mol. The zero-order chi connectivity index (χ0) is 14.7. The van der Waals surface area contributed by atoms with Crippen molar-refractivity contribution in [2.45, 2.75) is 30.7 Å². The van der Waals surface area contributed by atoms with Gasteiger partial charge in [-0.15, -0.1) is 12.4 Å². The number of carbonyl (C=O) groups is 1. The molecule has 2 heterocycles. The molecule has 0 aliphatic carbocycles. The van der Waals surface area contributed by atoms with Crippen molar-refractivity contribution < 1.29 is 9.53 Å². The summed E-state index contributed by atoms with van der Waals surface area (Å²) in [5.74, 6) is 0.113. The molecule has 2 saturated heterocycles. The predicted molar refractivity (Wildman–Crippen MR) is 89.8 cm³/mol. The number of ether oxygens (including phenoxy) is 1. The predicted octanol–water partition coefficient (Wildman–Crippen LogP) is 2.29. The van der Waals surface area contributed by atoms with Crippen molar-refractivity contribution in [2.75, 3.05) is 26.3 Å². The van der Waals surface area contributed by atoms with E-state index in [9.17, 15) is 4.79 Å². The van der Waals surface area contributed by atoms with Crippen LogP contribution in [0.15, 0.2) is 24.3 Å². The summed E-state index contributed by atoms with van der Waals surface area (Å²) >= 11 is 6.13. The normalized spacial score (nSPS) is 23.6. The maximum atomic E-state index is 13.0. The van der Waals surface area contributed by atoms with Crippen molar-refractivity contribution in [1.29, 1.82) is 0 Å². The smallest absolute Gasteiger partial charge is 0.231 e. The number of halogens is 2. The lowest BCUT2D eigenvalue weighted by atomic mass is 9.73. The van der Waals surface area contributed by atoms with Crippen LogP contribution < -0.4 is 10.6 Å². The number of carbonyl (C=O) groups excluding carboxylic acids is 1. The largest absolute Gasteiger partial charge is 0.381 e. The molecule has 2 aliphatic rings. The minimum absolute atomic E-state index is 0. The maximum Gasteiger partial charge on any atom is 0.231 e. The molecule has 0 saturated carbocycles. The Morgan fingerprint density at radius 1 is 1.36 bits per heavy atom. The van der Waals surface area contributed by atoms with Crippen molar-refractivity contribution in [1.82, 2.24) is 10.6 Å². The molecule has 2 N–H and O–H groups in total. The van der Waals surface area contributed by atoms with Crippen LogP contribution in [0, 0.1) is 0 Å². The topological polar surface area (TPSA) is 50.4 Å². The first-order chi connectivity index (χ1) is 10.2. The number of rotatable bonds is 3. The average molecular weight is 345 g/mol. The quantitative estimate of drug-likeness (QED) is 0.884. The van der Waals surface area contributed by atoms with Crippen LogP contribution in [0.25, 0.3) is 0 Å². The fraction of sp³-hybridized carbons (Fsp3) is 0.562. The Bertz CT molecular complexity index is 513. The Kier molecular flexibility index (Phi) is 6.09. The number of amides is 1. The van der Waals surface area contributed by atoms with Crippen molar-refractivity contribution in [3.8, 4) is 0 Å². The van der Waals surface area contributed by atoms with Crippen LogP contribution in [0.2, 0.25) is 5.02 Å². The maximum absolute atomic E-state index is 13.0. The van der Waals surface area contributed by atoms with Crippen LogP contribution in [0.5, 0.6) is 0 Å². The second-order valence-electron chi connectivity index (χ2n) is 5.87. The van der Waals surface area contributed by atoms with Gasteiger partial charge in [0.25, 0.3) is 0 Å². The molecule has 2 aliphatic heterocycles. The van der Waals surface area contributed by atoms with Gasteiger partial charge in [-0.3, -0.25) is 4.79 Å². The van der Waals surface area contributed by atoms with E-state index in [1.54, 1.807) is 0 Å². The lowest BCUT2D eigenvalue weighted by Gasteiger charge is -2.37. The number of hydrogen-bond donors (Lipinski definition) is 2.